The average molecular weight is 884 g/mol. The number of benzene rings is 5. The molecule has 0 unspecified atom stereocenters. The summed E-state index contributed by atoms with van der Waals surface area (Å²) in [6.07, 6.45) is -12.7. The number of rotatable bonds is 16. The number of anilines is 1. The summed E-state index contributed by atoms with van der Waals surface area (Å²) in [7, 11) is 1.03. The van der Waals surface area contributed by atoms with Crippen molar-refractivity contribution in [2.24, 2.45) is 0 Å². The van der Waals surface area contributed by atoms with E-state index in [4.69, 9.17) is 33.2 Å². The molecule has 1 aliphatic heterocycles. The molecule has 332 valence electrons. The molecule has 0 aliphatic carbocycles. The Balaban J connectivity index is 1.40. The van der Waals surface area contributed by atoms with Gasteiger partial charge in [-0.3, -0.25) is 4.79 Å². The number of alkyl halides is 3. The van der Waals surface area contributed by atoms with E-state index in [-0.39, 0.29) is 41.0 Å². The smallest absolute Gasteiger partial charge is 0.465 e. The van der Waals surface area contributed by atoms with E-state index in [9.17, 15) is 41.9 Å². The molecule has 5 aromatic rings. The van der Waals surface area contributed by atoms with Gasteiger partial charge in [-0.05, 0) is 72.6 Å². The lowest BCUT2D eigenvalue weighted by Gasteiger charge is -2.47. The summed E-state index contributed by atoms with van der Waals surface area (Å²) in [6, 6.07) is 36.3. The lowest BCUT2D eigenvalue weighted by molar-refractivity contribution is -0.322. The fourth-order valence-electron chi connectivity index (χ4n) is 6.53. The van der Waals surface area contributed by atoms with Gasteiger partial charge in [0.25, 0.3) is 5.79 Å². The summed E-state index contributed by atoms with van der Waals surface area (Å²) < 4.78 is 80.0. The van der Waals surface area contributed by atoms with Crippen LogP contribution in [0.1, 0.15) is 53.4 Å². The zero-order valence-electron chi connectivity index (χ0n) is 33.9. The number of carbonyl (C=O) groups is 6. The van der Waals surface area contributed by atoms with E-state index in [1.165, 1.54) is 72.8 Å². The minimum Gasteiger partial charge on any atom is -0.465 e. The Kier molecular flexibility index (Phi) is 15.2. The topological polar surface area (TPSA) is 179 Å². The fourth-order valence-corrected chi connectivity index (χ4v) is 6.53. The third-order valence-electron chi connectivity index (χ3n) is 9.72. The second-order valence-electron chi connectivity index (χ2n) is 14.1. The number of ether oxygens (including phenoxy) is 7. The highest BCUT2D eigenvalue weighted by Crippen LogP contribution is 2.38. The molecular formula is C47H40F3NO13. The summed E-state index contributed by atoms with van der Waals surface area (Å²) in [4.78, 5) is 80.3. The summed E-state index contributed by atoms with van der Waals surface area (Å²) in [6.45, 7) is -1.12. The molecule has 0 saturated carbocycles. The van der Waals surface area contributed by atoms with E-state index in [2.05, 4.69) is 0 Å². The minimum absolute atomic E-state index is 0.0116. The molecule has 1 amide bonds. The number of amides is 1. The first-order chi connectivity index (χ1) is 30.8. The minimum atomic E-state index is -5.11. The van der Waals surface area contributed by atoms with Crippen LogP contribution >= 0.6 is 0 Å². The molecule has 0 bridgehead atoms. The van der Waals surface area contributed by atoms with Crippen molar-refractivity contribution in [3.63, 3.8) is 0 Å². The van der Waals surface area contributed by atoms with Crippen LogP contribution < -0.4 is 5.32 Å². The molecule has 0 aromatic heterocycles. The van der Waals surface area contributed by atoms with Crippen LogP contribution in [0.15, 0.2) is 146 Å². The van der Waals surface area contributed by atoms with E-state index in [0.717, 1.165) is 7.11 Å². The Morgan fingerprint density at radius 3 is 1.66 bits per heavy atom. The maximum Gasteiger partial charge on any atom is 0.471 e. The van der Waals surface area contributed by atoms with Crippen LogP contribution in [0.3, 0.4) is 0 Å². The van der Waals surface area contributed by atoms with Crippen molar-refractivity contribution in [1.29, 1.82) is 0 Å². The van der Waals surface area contributed by atoms with Gasteiger partial charge in [0.2, 0.25) is 0 Å². The second kappa shape index (κ2) is 21.1. The molecule has 6 rings (SSSR count). The summed E-state index contributed by atoms with van der Waals surface area (Å²) in [5, 5.41) is 1.75. The molecule has 1 heterocycles. The number of methoxy groups -OCH3 is 1. The van der Waals surface area contributed by atoms with Crippen molar-refractivity contribution in [2.45, 2.75) is 49.2 Å². The van der Waals surface area contributed by atoms with Gasteiger partial charge >= 0.3 is 41.9 Å². The van der Waals surface area contributed by atoms with Gasteiger partial charge in [0, 0.05) is 5.69 Å². The fraction of sp³-hybridized carbons (Fsp3) is 0.234. The van der Waals surface area contributed by atoms with Crippen LogP contribution in [0, 0.1) is 0 Å². The van der Waals surface area contributed by atoms with Gasteiger partial charge in [0.05, 0.1) is 42.4 Å². The Morgan fingerprint density at radius 1 is 0.672 bits per heavy atom. The molecule has 5 aromatic carbocycles. The molecule has 1 aliphatic rings. The predicted molar refractivity (Wildman–Crippen MR) is 219 cm³/mol. The highest BCUT2D eigenvalue weighted by Gasteiger charge is 2.59. The van der Waals surface area contributed by atoms with Gasteiger partial charge < -0.3 is 38.5 Å². The maximum atomic E-state index is 14.0. The largest absolute Gasteiger partial charge is 0.471 e. The van der Waals surface area contributed by atoms with E-state index in [0.29, 0.717) is 5.56 Å². The highest BCUT2D eigenvalue weighted by atomic mass is 19.4. The number of esters is 5. The molecule has 0 spiro atoms. The Hall–Kier alpha value is -7.37. The highest BCUT2D eigenvalue weighted by molar-refractivity contribution is 5.95. The molecule has 0 radical (unpaired) electrons. The summed E-state index contributed by atoms with van der Waals surface area (Å²) >= 11 is 0. The Labute approximate surface area is 364 Å². The number of hydrogen-bond donors (Lipinski definition) is 1. The molecule has 14 nitrogen and oxygen atoms in total. The number of carbonyl (C=O) groups excluding carboxylic acids is 6. The van der Waals surface area contributed by atoms with Gasteiger partial charge in [-0.25, -0.2) is 24.0 Å². The first-order valence-corrected chi connectivity index (χ1v) is 19.6. The third-order valence-corrected chi connectivity index (χ3v) is 9.72. The van der Waals surface area contributed by atoms with Crippen LogP contribution in [-0.2, 0) is 49.2 Å². The average Bonchev–Trinajstić information content (AvgIpc) is 3.31. The Morgan fingerprint density at radius 2 is 1.16 bits per heavy atom. The standard InChI is InChI=1S/C47H40F3NO13/c1-58-45(57)46(60-27-26-30-22-24-35(25-23-30)51-44(56)47(48,49)50)28-36(61-41(53)32-16-8-3-9-17-32)38(63-43(55)34-20-12-5-13-21-34)39(64-46)37(62-42(54)33-18-10-4-11-19-33)29-59-40(52)31-14-6-2-7-15-31/h2-25,36-39H,26-29H2,1H3,(H,51,56)/t36-,37-,38-,39+,46+/m1/s1. The monoisotopic (exact) mass is 883 g/mol. The van der Waals surface area contributed by atoms with Crippen LogP contribution in [0.5, 0.6) is 0 Å². The van der Waals surface area contributed by atoms with Crippen molar-refractivity contribution >= 4 is 41.4 Å². The summed E-state index contributed by atoms with van der Waals surface area (Å²) in [5.41, 5.74) is 0.656. The molecule has 64 heavy (non-hydrogen) atoms. The van der Waals surface area contributed by atoms with Gasteiger partial charge in [0.1, 0.15) is 18.8 Å². The normalized spacial score (nSPS) is 18.7. The maximum absolute atomic E-state index is 14.0. The lowest BCUT2D eigenvalue weighted by atomic mass is 9.91. The summed E-state index contributed by atoms with van der Waals surface area (Å²) in [5.74, 6) is -9.48. The van der Waals surface area contributed by atoms with Crippen molar-refractivity contribution in [2.75, 3.05) is 25.6 Å². The van der Waals surface area contributed by atoms with Crippen LogP contribution in [-0.4, -0.2) is 92.5 Å². The number of nitrogens with one attached hydrogen (secondary N) is 1. The van der Waals surface area contributed by atoms with E-state index < -0.39 is 85.2 Å². The van der Waals surface area contributed by atoms with E-state index in [1.807, 2.05) is 0 Å². The van der Waals surface area contributed by atoms with Crippen molar-refractivity contribution in [3.8, 4) is 0 Å². The molecule has 1 saturated heterocycles. The number of halogens is 3. The van der Waals surface area contributed by atoms with Gasteiger partial charge in [-0.2, -0.15) is 13.2 Å². The third kappa shape index (κ3) is 12.0. The first-order valence-electron chi connectivity index (χ1n) is 19.6. The van der Waals surface area contributed by atoms with Crippen LogP contribution in [0.4, 0.5) is 18.9 Å². The zero-order chi connectivity index (χ0) is 45.7. The molecule has 1 fully saturated rings. The SMILES string of the molecule is COC(=O)[C@]1(OCCc2ccc(NC(=O)C(F)(F)F)cc2)C[C@@H](OC(=O)c2ccccc2)[C@@H](OC(=O)c2ccccc2)[C@H]([C@@H](COC(=O)c2ccccc2)OC(=O)c2ccccc2)O1. The van der Waals surface area contributed by atoms with Crippen LogP contribution in [0.25, 0.3) is 0 Å². The molecular weight excluding hydrogens is 844 g/mol. The molecule has 17 heteroatoms. The lowest BCUT2D eigenvalue weighted by Crippen LogP contribution is -2.65. The van der Waals surface area contributed by atoms with Crippen molar-refractivity contribution < 1.29 is 75.1 Å². The predicted octanol–water partition coefficient (Wildman–Crippen LogP) is 6.94. The quantitative estimate of drug-likeness (QED) is 0.0797. The second-order valence-corrected chi connectivity index (χ2v) is 14.1. The Bertz CT molecular complexity index is 2390. The van der Waals surface area contributed by atoms with Crippen LogP contribution in [0.2, 0.25) is 0 Å². The van der Waals surface area contributed by atoms with Gasteiger partial charge in [-0.1, -0.05) is 84.9 Å². The van der Waals surface area contributed by atoms with E-state index >= 15 is 0 Å². The number of hydrogen-bond acceptors (Lipinski definition) is 13. The van der Waals surface area contributed by atoms with E-state index in [1.54, 1.807) is 78.1 Å². The van der Waals surface area contributed by atoms with Gasteiger partial charge in [0.15, 0.2) is 12.2 Å². The van der Waals surface area contributed by atoms with Crippen molar-refractivity contribution in [3.05, 3.63) is 173 Å². The first kappa shape index (κ1) is 46.1. The zero-order valence-corrected chi connectivity index (χ0v) is 33.9. The van der Waals surface area contributed by atoms with Crippen molar-refractivity contribution in [1.82, 2.24) is 0 Å². The molecule has 5 atom stereocenters. The van der Waals surface area contributed by atoms with Gasteiger partial charge in [-0.15, -0.1) is 0 Å². The molecule has 1 N–H and O–H groups in total.